The molecular formula is C21H27N7O3. The van der Waals surface area contributed by atoms with Crippen LogP contribution >= 0.6 is 0 Å². The van der Waals surface area contributed by atoms with Gasteiger partial charge in [-0.3, -0.25) is 9.59 Å². The Labute approximate surface area is 180 Å². The molecule has 0 spiro atoms. The number of likely N-dealkylation sites (N-methyl/N-ethyl adjacent to an activating group) is 1. The second-order valence-corrected chi connectivity index (χ2v) is 7.73. The Bertz CT molecular complexity index is 1010. The number of esters is 1. The molecule has 1 aliphatic heterocycles. The Morgan fingerprint density at radius 3 is 2.97 bits per heavy atom. The summed E-state index contributed by atoms with van der Waals surface area (Å²) in [5, 5.41) is 18.5. The second kappa shape index (κ2) is 9.55. The highest BCUT2D eigenvalue weighted by molar-refractivity contribution is 6.10. The van der Waals surface area contributed by atoms with Crippen LogP contribution in [0.3, 0.4) is 0 Å². The summed E-state index contributed by atoms with van der Waals surface area (Å²) in [6, 6.07) is 3.79. The number of likely N-dealkylation sites (tertiary alicyclic amines) is 1. The second-order valence-electron chi connectivity index (χ2n) is 7.73. The summed E-state index contributed by atoms with van der Waals surface area (Å²) < 4.78 is 4.84. The lowest BCUT2D eigenvalue weighted by Crippen LogP contribution is -2.54. The van der Waals surface area contributed by atoms with Gasteiger partial charge in [-0.25, -0.2) is 9.97 Å². The molecule has 0 bridgehead atoms. The number of nitrogens with zero attached hydrogens (tertiary/aromatic N) is 5. The summed E-state index contributed by atoms with van der Waals surface area (Å²) in [5.41, 5.74) is 0.504. The van der Waals surface area contributed by atoms with Gasteiger partial charge in [0.2, 0.25) is 5.91 Å². The molecule has 10 nitrogen and oxygen atoms in total. The molecule has 3 unspecified atom stereocenters. The highest BCUT2D eigenvalue weighted by atomic mass is 16.5. The number of aromatic amines is 1. The van der Waals surface area contributed by atoms with E-state index in [-0.39, 0.29) is 30.7 Å². The number of carbonyl (C=O) groups is 2. The molecule has 3 atom stereocenters. The van der Waals surface area contributed by atoms with E-state index >= 15 is 0 Å². The zero-order chi connectivity index (χ0) is 22.5. The zero-order valence-corrected chi connectivity index (χ0v) is 18.0. The fraction of sp³-hybridized carbons (Fsp3) is 0.524. The van der Waals surface area contributed by atoms with E-state index in [0.29, 0.717) is 13.1 Å². The summed E-state index contributed by atoms with van der Waals surface area (Å²) in [5.74, 6) is -1.29. The smallest absolute Gasteiger partial charge is 0.311 e. The van der Waals surface area contributed by atoms with E-state index in [1.54, 1.807) is 11.8 Å². The number of hydrogen-bond donors (Lipinski definition) is 2. The van der Waals surface area contributed by atoms with Crippen molar-refractivity contribution in [3.8, 4) is 6.07 Å². The molecule has 1 aliphatic rings. The van der Waals surface area contributed by atoms with Crippen molar-refractivity contribution in [3.05, 3.63) is 18.6 Å². The molecule has 1 amide bonds. The van der Waals surface area contributed by atoms with Crippen LogP contribution in [0.2, 0.25) is 0 Å². The molecule has 0 aliphatic carbocycles. The van der Waals surface area contributed by atoms with E-state index in [4.69, 9.17) is 10.1 Å². The molecular weight excluding hydrogens is 398 g/mol. The number of aromatic nitrogens is 3. The summed E-state index contributed by atoms with van der Waals surface area (Å²) in [6.45, 7) is 4.88. The van der Waals surface area contributed by atoms with Gasteiger partial charge in [-0.2, -0.15) is 5.26 Å². The van der Waals surface area contributed by atoms with E-state index in [1.165, 1.54) is 6.33 Å². The van der Waals surface area contributed by atoms with Gasteiger partial charge >= 0.3 is 5.97 Å². The van der Waals surface area contributed by atoms with E-state index in [2.05, 4.69) is 21.9 Å². The van der Waals surface area contributed by atoms with Crippen molar-refractivity contribution in [3.63, 3.8) is 0 Å². The molecule has 1 fully saturated rings. The van der Waals surface area contributed by atoms with Crippen LogP contribution in [0.4, 0.5) is 5.82 Å². The summed E-state index contributed by atoms with van der Waals surface area (Å²) in [7, 11) is 1.94. The molecule has 3 heterocycles. The SMILES string of the molecule is CCOC(=O)CC(=N)C(C#N)C(=O)N1CCC(C)C(N(C)c2ncnc3[nH]ccc23)C1. The van der Waals surface area contributed by atoms with Crippen molar-refractivity contribution in [2.75, 3.05) is 31.6 Å². The zero-order valence-electron chi connectivity index (χ0n) is 18.0. The number of fused-ring (bicyclic) bond motifs is 1. The molecule has 2 N–H and O–H groups in total. The third kappa shape index (κ3) is 4.66. The molecule has 164 valence electrons. The van der Waals surface area contributed by atoms with Gasteiger partial charge < -0.3 is 24.9 Å². The van der Waals surface area contributed by atoms with E-state index < -0.39 is 17.8 Å². The van der Waals surface area contributed by atoms with Crippen LogP contribution in [0.15, 0.2) is 18.6 Å². The molecule has 3 rings (SSSR count). The van der Waals surface area contributed by atoms with Gasteiger partial charge in [0.05, 0.1) is 30.5 Å². The fourth-order valence-corrected chi connectivity index (χ4v) is 3.98. The van der Waals surface area contributed by atoms with Gasteiger partial charge in [-0.1, -0.05) is 6.92 Å². The van der Waals surface area contributed by atoms with Gasteiger partial charge in [-0.15, -0.1) is 0 Å². The first-order valence-corrected chi connectivity index (χ1v) is 10.3. The van der Waals surface area contributed by atoms with Gasteiger partial charge in [0.1, 0.15) is 17.8 Å². The Kier molecular flexibility index (Phi) is 6.84. The first-order valence-electron chi connectivity index (χ1n) is 10.3. The average molecular weight is 425 g/mol. The maximum atomic E-state index is 13.1. The van der Waals surface area contributed by atoms with Crippen LogP contribution in [0.25, 0.3) is 11.0 Å². The topological polar surface area (TPSA) is 139 Å². The minimum absolute atomic E-state index is 0.0238. The van der Waals surface area contributed by atoms with Crippen molar-refractivity contribution in [2.45, 2.75) is 32.7 Å². The number of carbonyl (C=O) groups excluding carboxylic acids is 2. The Balaban J connectivity index is 1.75. The number of nitriles is 1. The van der Waals surface area contributed by atoms with Crippen molar-refractivity contribution >= 4 is 34.4 Å². The molecule has 0 radical (unpaired) electrons. The van der Waals surface area contributed by atoms with Crippen molar-refractivity contribution in [1.82, 2.24) is 19.9 Å². The molecule has 2 aromatic rings. The van der Waals surface area contributed by atoms with E-state index in [9.17, 15) is 14.9 Å². The molecule has 0 aromatic carbocycles. The van der Waals surface area contributed by atoms with Crippen LogP contribution in [-0.2, 0) is 14.3 Å². The maximum absolute atomic E-state index is 13.1. The van der Waals surface area contributed by atoms with E-state index in [0.717, 1.165) is 23.3 Å². The Hall–Kier alpha value is -3.48. The lowest BCUT2D eigenvalue weighted by atomic mass is 9.90. The number of H-pyrrole nitrogens is 1. The van der Waals surface area contributed by atoms with Crippen LogP contribution in [0.1, 0.15) is 26.7 Å². The third-order valence-electron chi connectivity index (χ3n) is 5.76. The summed E-state index contributed by atoms with van der Waals surface area (Å²) in [4.78, 5) is 40.1. The fourth-order valence-electron chi connectivity index (χ4n) is 3.98. The lowest BCUT2D eigenvalue weighted by Gasteiger charge is -2.42. The Morgan fingerprint density at radius 1 is 1.48 bits per heavy atom. The molecule has 10 heteroatoms. The predicted molar refractivity (Wildman–Crippen MR) is 115 cm³/mol. The maximum Gasteiger partial charge on any atom is 0.311 e. The summed E-state index contributed by atoms with van der Waals surface area (Å²) in [6.07, 6.45) is 3.70. The minimum atomic E-state index is -1.29. The van der Waals surface area contributed by atoms with Crippen LogP contribution in [0, 0.1) is 28.6 Å². The molecule has 0 saturated carbocycles. The monoisotopic (exact) mass is 425 g/mol. The van der Waals surface area contributed by atoms with Crippen LogP contribution < -0.4 is 4.90 Å². The van der Waals surface area contributed by atoms with Gasteiger partial charge in [0.25, 0.3) is 0 Å². The van der Waals surface area contributed by atoms with Crippen LogP contribution in [-0.4, -0.2) is 70.2 Å². The number of ether oxygens (including phenoxy) is 1. The first kappa shape index (κ1) is 22.2. The van der Waals surface area contributed by atoms with Gasteiger partial charge in [0.15, 0.2) is 5.92 Å². The van der Waals surface area contributed by atoms with Crippen LogP contribution in [0.5, 0.6) is 0 Å². The number of anilines is 1. The molecule has 31 heavy (non-hydrogen) atoms. The number of amides is 1. The standard InChI is InChI=1S/C21H27N7O3/c1-4-31-18(29)9-16(23)15(10-22)21(30)28-8-6-13(2)17(11-28)27(3)20-14-5-7-24-19(14)25-12-26-20/h5,7,12-13,15,17,23H,4,6,8-9,11H2,1-3H3,(H,24,25,26). The highest BCUT2D eigenvalue weighted by Gasteiger charge is 2.36. The van der Waals surface area contributed by atoms with Crippen molar-refractivity contribution < 1.29 is 14.3 Å². The van der Waals surface area contributed by atoms with Crippen molar-refractivity contribution in [1.29, 1.82) is 10.7 Å². The number of rotatable bonds is 7. The molecule has 2 aromatic heterocycles. The normalized spacial score (nSPS) is 19.5. The Morgan fingerprint density at radius 2 is 2.26 bits per heavy atom. The quantitative estimate of drug-likeness (QED) is 0.509. The lowest BCUT2D eigenvalue weighted by molar-refractivity contribution is -0.141. The van der Waals surface area contributed by atoms with E-state index in [1.807, 2.05) is 30.3 Å². The number of piperidine rings is 1. The number of nitrogens with one attached hydrogen (secondary N) is 2. The largest absolute Gasteiger partial charge is 0.466 e. The predicted octanol–water partition coefficient (Wildman–Crippen LogP) is 1.74. The highest BCUT2D eigenvalue weighted by Crippen LogP contribution is 2.29. The van der Waals surface area contributed by atoms with Crippen molar-refractivity contribution in [2.24, 2.45) is 11.8 Å². The minimum Gasteiger partial charge on any atom is -0.466 e. The third-order valence-corrected chi connectivity index (χ3v) is 5.76. The average Bonchev–Trinajstić information content (AvgIpc) is 3.23. The number of hydrogen-bond acceptors (Lipinski definition) is 8. The van der Waals surface area contributed by atoms with Gasteiger partial charge in [0, 0.05) is 32.0 Å². The summed E-state index contributed by atoms with van der Waals surface area (Å²) >= 11 is 0. The molecule has 1 saturated heterocycles. The van der Waals surface area contributed by atoms with Gasteiger partial charge in [-0.05, 0) is 25.3 Å². The first-order chi connectivity index (χ1) is 14.9.